The zero-order valence-electron chi connectivity index (χ0n) is 8.70. The van der Waals surface area contributed by atoms with Crippen molar-refractivity contribution in [3.8, 4) is 0 Å². The monoisotopic (exact) mass is 272 g/mol. The fourth-order valence-corrected chi connectivity index (χ4v) is 1.28. The second-order valence-corrected chi connectivity index (χ2v) is 3.64. The van der Waals surface area contributed by atoms with Gasteiger partial charge in [0, 0.05) is 13.1 Å². The molecule has 0 spiro atoms. The first-order chi connectivity index (χ1) is 7.17. The molecule has 1 aromatic heterocycles. The van der Waals surface area contributed by atoms with Crippen LogP contribution < -0.4 is 5.32 Å². The third kappa shape index (κ3) is 3.47. The van der Waals surface area contributed by atoms with Gasteiger partial charge in [-0.1, -0.05) is 0 Å². The molecule has 0 aliphatic carbocycles. The van der Waals surface area contributed by atoms with Crippen molar-refractivity contribution in [3.63, 3.8) is 0 Å². The van der Waals surface area contributed by atoms with E-state index in [0.29, 0.717) is 23.5 Å². The molecule has 82 valence electrons. The fraction of sp³-hybridized carbons (Fsp3) is 0.444. The summed E-state index contributed by atoms with van der Waals surface area (Å²) in [4.78, 5) is 21.2. The van der Waals surface area contributed by atoms with Gasteiger partial charge in [0.2, 0.25) is 0 Å². The summed E-state index contributed by atoms with van der Waals surface area (Å²) in [6.07, 6.45) is 3.04. The molecular formula is C9H13BrN4O. The lowest BCUT2D eigenvalue weighted by Gasteiger charge is -2.18. The third-order valence-electron chi connectivity index (χ3n) is 1.91. The predicted octanol–water partition coefficient (Wildman–Crippen LogP) is 2.11. The molecule has 1 heterocycles. The van der Waals surface area contributed by atoms with Gasteiger partial charge in [0.05, 0.1) is 12.4 Å². The molecule has 0 aliphatic rings. The molecule has 15 heavy (non-hydrogen) atoms. The van der Waals surface area contributed by atoms with Crippen LogP contribution in [-0.2, 0) is 0 Å². The first-order valence-electron chi connectivity index (χ1n) is 4.70. The molecule has 0 aliphatic heterocycles. The molecule has 1 N–H and O–H groups in total. The molecular weight excluding hydrogens is 260 g/mol. The molecule has 0 aromatic carbocycles. The van der Waals surface area contributed by atoms with Gasteiger partial charge in [0.1, 0.15) is 4.60 Å². The summed E-state index contributed by atoms with van der Waals surface area (Å²) in [7, 11) is 0. The summed E-state index contributed by atoms with van der Waals surface area (Å²) in [5.41, 5.74) is 0. The number of urea groups is 1. The summed E-state index contributed by atoms with van der Waals surface area (Å²) in [6.45, 7) is 5.20. The first kappa shape index (κ1) is 11.9. The quantitative estimate of drug-likeness (QED) is 0.917. The van der Waals surface area contributed by atoms with Crippen LogP contribution in [-0.4, -0.2) is 34.0 Å². The van der Waals surface area contributed by atoms with Gasteiger partial charge in [-0.25, -0.2) is 14.8 Å². The number of nitrogens with one attached hydrogen (secondary N) is 1. The average molecular weight is 273 g/mol. The lowest BCUT2D eigenvalue weighted by Crippen LogP contribution is -2.34. The highest BCUT2D eigenvalue weighted by Crippen LogP contribution is 2.06. The van der Waals surface area contributed by atoms with Gasteiger partial charge in [0.25, 0.3) is 0 Å². The van der Waals surface area contributed by atoms with Crippen LogP contribution in [0.5, 0.6) is 0 Å². The topological polar surface area (TPSA) is 58.1 Å². The number of halogens is 1. The van der Waals surface area contributed by atoms with Crippen molar-refractivity contribution in [2.24, 2.45) is 0 Å². The van der Waals surface area contributed by atoms with E-state index in [1.807, 2.05) is 13.8 Å². The standard InChI is InChI=1S/C9H13BrN4O/c1-3-14(4-2)9(15)13-8-6-11-7(10)5-12-8/h5-6H,3-4H2,1-2H3,(H,12,13,15). The Morgan fingerprint density at radius 3 is 2.53 bits per heavy atom. The molecule has 0 bridgehead atoms. The molecule has 0 unspecified atom stereocenters. The number of hydrogen-bond donors (Lipinski definition) is 1. The summed E-state index contributed by atoms with van der Waals surface area (Å²) >= 11 is 3.17. The molecule has 0 saturated carbocycles. The minimum Gasteiger partial charge on any atom is -0.325 e. The SMILES string of the molecule is CCN(CC)C(=O)Nc1cnc(Br)cn1. The molecule has 0 radical (unpaired) electrons. The van der Waals surface area contributed by atoms with Crippen LogP contribution >= 0.6 is 15.9 Å². The molecule has 6 heteroatoms. The Morgan fingerprint density at radius 1 is 1.40 bits per heavy atom. The largest absolute Gasteiger partial charge is 0.325 e. The minimum atomic E-state index is -0.156. The molecule has 2 amide bonds. The van der Waals surface area contributed by atoms with Gasteiger partial charge in [-0.05, 0) is 29.8 Å². The Bertz CT molecular complexity index is 323. The van der Waals surface area contributed by atoms with Crippen LogP contribution in [0.4, 0.5) is 10.6 Å². The molecule has 1 aromatic rings. The number of rotatable bonds is 3. The Morgan fingerprint density at radius 2 is 2.07 bits per heavy atom. The van der Waals surface area contributed by atoms with Crippen molar-refractivity contribution in [3.05, 3.63) is 17.0 Å². The summed E-state index contributed by atoms with van der Waals surface area (Å²) < 4.78 is 0.642. The lowest BCUT2D eigenvalue weighted by molar-refractivity contribution is 0.217. The maximum Gasteiger partial charge on any atom is 0.323 e. The van der Waals surface area contributed by atoms with E-state index < -0.39 is 0 Å². The first-order valence-corrected chi connectivity index (χ1v) is 5.50. The Kier molecular flexibility index (Phi) is 4.48. The second-order valence-electron chi connectivity index (χ2n) is 2.83. The minimum absolute atomic E-state index is 0.156. The number of hydrogen-bond acceptors (Lipinski definition) is 3. The van der Waals surface area contributed by atoms with Gasteiger partial charge in [-0.2, -0.15) is 0 Å². The van der Waals surface area contributed by atoms with Crippen molar-refractivity contribution < 1.29 is 4.79 Å². The van der Waals surface area contributed by atoms with Gasteiger partial charge in [0.15, 0.2) is 5.82 Å². The van der Waals surface area contributed by atoms with Crippen LogP contribution in [0, 0.1) is 0 Å². The fourth-order valence-electron chi connectivity index (χ4n) is 1.08. The van der Waals surface area contributed by atoms with Crippen LogP contribution in [0.1, 0.15) is 13.8 Å². The molecule has 0 fully saturated rings. The van der Waals surface area contributed by atoms with Gasteiger partial charge < -0.3 is 4.90 Å². The summed E-state index contributed by atoms with van der Waals surface area (Å²) in [6, 6.07) is -0.156. The van der Waals surface area contributed by atoms with Gasteiger partial charge in [-0.15, -0.1) is 0 Å². The zero-order valence-corrected chi connectivity index (χ0v) is 10.3. The normalized spacial score (nSPS) is 9.80. The van der Waals surface area contributed by atoms with E-state index in [0.717, 1.165) is 0 Å². The number of amides is 2. The van der Waals surface area contributed by atoms with Crippen LogP contribution in [0.15, 0.2) is 17.0 Å². The second kappa shape index (κ2) is 5.65. The maximum absolute atomic E-state index is 11.6. The number of anilines is 1. The highest BCUT2D eigenvalue weighted by atomic mass is 79.9. The Labute approximate surface area is 97.0 Å². The number of aromatic nitrogens is 2. The highest BCUT2D eigenvalue weighted by molar-refractivity contribution is 9.10. The van der Waals surface area contributed by atoms with Crippen molar-refractivity contribution >= 4 is 27.8 Å². The highest BCUT2D eigenvalue weighted by Gasteiger charge is 2.09. The van der Waals surface area contributed by atoms with Crippen LogP contribution in [0.25, 0.3) is 0 Å². The zero-order chi connectivity index (χ0) is 11.3. The molecule has 0 saturated heterocycles. The average Bonchev–Trinajstić information content (AvgIpc) is 2.23. The smallest absolute Gasteiger partial charge is 0.323 e. The van der Waals surface area contributed by atoms with Gasteiger partial charge in [-0.3, -0.25) is 5.32 Å². The van der Waals surface area contributed by atoms with E-state index in [4.69, 9.17) is 0 Å². The predicted molar refractivity (Wildman–Crippen MR) is 61.7 cm³/mol. The van der Waals surface area contributed by atoms with E-state index >= 15 is 0 Å². The van der Waals surface area contributed by atoms with Crippen molar-refractivity contribution in [2.75, 3.05) is 18.4 Å². The Balaban J connectivity index is 2.61. The third-order valence-corrected chi connectivity index (χ3v) is 2.32. The number of carbonyl (C=O) groups is 1. The van der Waals surface area contributed by atoms with Crippen molar-refractivity contribution in [1.29, 1.82) is 0 Å². The lowest BCUT2D eigenvalue weighted by atomic mass is 10.5. The number of carbonyl (C=O) groups excluding carboxylic acids is 1. The number of nitrogens with zero attached hydrogens (tertiary/aromatic N) is 3. The molecule has 0 atom stereocenters. The summed E-state index contributed by atoms with van der Waals surface area (Å²) in [5, 5.41) is 2.66. The van der Waals surface area contributed by atoms with E-state index in [1.165, 1.54) is 12.4 Å². The van der Waals surface area contributed by atoms with Crippen molar-refractivity contribution in [2.45, 2.75) is 13.8 Å². The van der Waals surface area contributed by atoms with E-state index in [9.17, 15) is 4.79 Å². The Hall–Kier alpha value is -1.17. The van der Waals surface area contributed by atoms with Crippen LogP contribution in [0.3, 0.4) is 0 Å². The molecule has 1 rings (SSSR count). The van der Waals surface area contributed by atoms with E-state index in [2.05, 4.69) is 31.2 Å². The van der Waals surface area contributed by atoms with Crippen LogP contribution in [0.2, 0.25) is 0 Å². The van der Waals surface area contributed by atoms with E-state index in [-0.39, 0.29) is 6.03 Å². The van der Waals surface area contributed by atoms with E-state index in [1.54, 1.807) is 4.90 Å². The van der Waals surface area contributed by atoms with Gasteiger partial charge >= 0.3 is 6.03 Å². The maximum atomic E-state index is 11.6. The molecule has 5 nitrogen and oxygen atoms in total. The summed E-state index contributed by atoms with van der Waals surface area (Å²) in [5.74, 6) is 0.454. The van der Waals surface area contributed by atoms with Crippen molar-refractivity contribution in [1.82, 2.24) is 14.9 Å².